The van der Waals surface area contributed by atoms with Gasteiger partial charge in [-0.05, 0) is 29.7 Å². The van der Waals surface area contributed by atoms with Gasteiger partial charge in [0.15, 0.2) is 0 Å². The number of nitriles is 1. The van der Waals surface area contributed by atoms with Gasteiger partial charge in [0, 0.05) is 33.4 Å². The summed E-state index contributed by atoms with van der Waals surface area (Å²) in [6.45, 7) is 6.36. The van der Waals surface area contributed by atoms with E-state index in [0.717, 1.165) is 0 Å². The van der Waals surface area contributed by atoms with Crippen molar-refractivity contribution in [3.05, 3.63) is 63.6 Å². The van der Waals surface area contributed by atoms with Crippen molar-refractivity contribution in [2.45, 2.75) is 39.4 Å². The van der Waals surface area contributed by atoms with Crippen LogP contribution in [0.4, 0.5) is 5.69 Å². The molecule has 0 aliphatic carbocycles. The van der Waals surface area contributed by atoms with Crippen molar-refractivity contribution < 1.29 is 14.3 Å². The summed E-state index contributed by atoms with van der Waals surface area (Å²) in [7, 11) is 0. The summed E-state index contributed by atoms with van der Waals surface area (Å²) in [4.78, 5) is 27.7. The van der Waals surface area contributed by atoms with Crippen LogP contribution in [0.3, 0.4) is 0 Å². The number of ether oxygens (including phenoxy) is 1. The molecule has 0 saturated carbocycles. The van der Waals surface area contributed by atoms with E-state index in [1.165, 1.54) is 0 Å². The number of nitrogens with zero attached hydrogens (tertiary/aromatic N) is 2. The number of rotatable bonds is 5. The third-order valence-electron chi connectivity index (χ3n) is 4.96. The van der Waals surface area contributed by atoms with Gasteiger partial charge in [0.25, 0.3) is 5.91 Å². The Bertz CT molecular complexity index is 1060. The molecule has 0 spiro atoms. The Hall–Kier alpha value is -2.59. The number of amides is 2. The number of carbonyl (C=O) groups is 2. The fourth-order valence-corrected chi connectivity index (χ4v) is 4.06. The van der Waals surface area contributed by atoms with Crippen LogP contribution in [0.15, 0.2) is 42.5 Å². The van der Waals surface area contributed by atoms with E-state index < -0.39 is 18.1 Å². The molecule has 8 heteroatoms. The number of nitrogens with one attached hydrogen (secondary N) is 1. The van der Waals surface area contributed by atoms with Gasteiger partial charge in [-0.25, -0.2) is 0 Å². The van der Waals surface area contributed by atoms with E-state index in [9.17, 15) is 9.59 Å². The minimum atomic E-state index is -1.07. The third kappa shape index (κ3) is 5.60. The van der Waals surface area contributed by atoms with Crippen LogP contribution in [0.1, 0.15) is 44.4 Å². The second-order valence-corrected chi connectivity index (χ2v) is 9.70. The highest BCUT2D eigenvalue weighted by molar-refractivity contribution is 6.31. The molecule has 2 amide bonds. The van der Waals surface area contributed by atoms with Crippen LogP contribution in [0.5, 0.6) is 0 Å². The highest BCUT2D eigenvalue weighted by atomic mass is 35.5. The summed E-state index contributed by atoms with van der Waals surface area (Å²) >= 11 is 12.8. The molecule has 168 valence electrons. The maximum absolute atomic E-state index is 13.6. The molecule has 1 aliphatic rings. The highest BCUT2D eigenvalue weighted by Gasteiger charge is 2.39. The van der Waals surface area contributed by atoms with Gasteiger partial charge < -0.3 is 15.0 Å². The molecule has 0 radical (unpaired) electrons. The zero-order valence-corrected chi connectivity index (χ0v) is 19.7. The third-order valence-corrected chi connectivity index (χ3v) is 5.54. The quantitative estimate of drug-likeness (QED) is 0.626. The van der Waals surface area contributed by atoms with Crippen molar-refractivity contribution in [3.63, 3.8) is 0 Å². The molecule has 1 aliphatic heterocycles. The summed E-state index contributed by atoms with van der Waals surface area (Å²) in [5, 5.41) is 12.2. The van der Waals surface area contributed by atoms with Gasteiger partial charge in [-0.1, -0.05) is 62.2 Å². The van der Waals surface area contributed by atoms with Crippen LogP contribution < -0.4 is 10.2 Å². The molecular formula is C24H25Cl2N3O3. The van der Waals surface area contributed by atoms with E-state index >= 15 is 0 Å². The van der Waals surface area contributed by atoms with Crippen molar-refractivity contribution in [2.75, 3.05) is 18.0 Å². The zero-order valence-electron chi connectivity index (χ0n) is 18.2. The molecule has 32 heavy (non-hydrogen) atoms. The van der Waals surface area contributed by atoms with Crippen molar-refractivity contribution in [1.82, 2.24) is 5.32 Å². The number of fused-ring (bicyclic) bond motifs is 1. The lowest BCUT2D eigenvalue weighted by atomic mass is 9.94. The van der Waals surface area contributed by atoms with E-state index in [1.54, 1.807) is 29.2 Å². The summed E-state index contributed by atoms with van der Waals surface area (Å²) in [6.07, 6.45) is -1.99. The first kappa shape index (κ1) is 24.1. The number of hydrogen-bond donors (Lipinski definition) is 1. The fourth-order valence-electron chi connectivity index (χ4n) is 3.65. The molecule has 1 heterocycles. The molecule has 0 saturated heterocycles. The Morgan fingerprint density at radius 2 is 1.91 bits per heavy atom. The molecule has 2 atom stereocenters. The predicted molar refractivity (Wildman–Crippen MR) is 125 cm³/mol. The largest absolute Gasteiger partial charge is 0.355 e. The molecule has 0 bridgehead atoms. The van der Waals surface area contributed by atoms with Crippen LogP contribution in [-0.2, 0) is 14.3 Å². The fraction of sp³-hybridized carbons (Fsp3) is 0.375. The van der Waals surface area contributed by atoms with Crippen LogP contribution in [0.2, 0.25) is 10.0 Å². The Morgan fingerprint density at radius 3 is 2.56 bits per heavy atom. The lowest BCUT2D eigenvalue weighted by Crippen LogP contribution is -2.45. The first-order valence-corrected chi connectivity index (χ1v) is 11.0. The van der Waals surface area contributed by atoms with E-state index in [2.05, 4.69) is 5.32 Å². The first-order valence-electron chi connectivity index (χ1n) is 10.2. The average Bonchev–Trinajstić information content (AvgIpc) is 2.82. The van der Waals surface area contributed by atoms with Crippen molar-refractivity contribution in [3.8, 4) is 6.07 Å². The SMILES string of the molecule is CC(C)(C)CN1C(=O)[C@H](CC(=O)NCC#N)O[C@@H](c2ccccc2Cl)c2cc(Cl)ccc21. The van der Waals surface area contributed by atoms with Gasteiger partial charge in [-0.2, -0.15) is 5.26 Å². The average molecular weight is 474 g/mol. The van der Waals surface area contributed by atoms with Gasteiger partial charge >= 0.3 is 0 Å². The number of hydrogen-bond acceptors (Lipinski definition) is 4. The van der Waals surface area contributed by atoms with Crippen LogP contribution in [0.25, 0.3) is 0 Å². The second kappa shape index (κ2) is 9.91. The highest BCUT2D eigenvalue weighted by Crippen LogP contribution is 2.42. The van der Waals surface area contributed by atoms with Crippen LogP contribution in [0, 0.1) is 16.7 Å². The van der Waals surface area contributed by atoms with E-state index in [4.69, 9.17) is 33.2 Å². The van der Waals surface area contributed by atoms with E-state index in [0.29, 0.717) is 33.4 Å². The standard InChI is InChI=1S/C24H25Cl2N3O3/c1-24(2,3)14-29-19-9-8-15(25)12-17(19)22(16-6-4-5-7-18(16)26)32-20(23(29)31)13-21(30)28-11-10-27/h4-9,12,20,22H,11,13-14H2,1-3H3,(H,28,30)/t20-,22-/m0/s1. The molecule has 0 fully saturated rings. The number of carbonyl (C=O) groups excluding carboxylic acids is 2. The molecule has 3 rings (SSSR count). The molecule has 0 unspecified atom stereocenters. The minimum Gasteiger partial charge on any atom is -0.355 e. The Balaban J connectivity index is 2.14. The second-order valence-electron chi connectivity index (χ2n) is 8.85. The summed E-state index contributed by atoms with van der Waals surface area (Å²) < 4.78 is 6.29. The topological polar surface area (TPSA) is 82.4 Å². The van der Waals surface area contributed by atoms with Crippen molar-refractivity contribution in [1.29, 1.82) is 5.26 Å². The van der Waals surface area contributed by atoms with Crippen LogP contribution in [-0.4, -0.2) is 31.0 Å². The van der Waals surface area contributed by atoms with Crippen molar-refractivity contribution in [2.24, 2.45) is 5.41 Å². The number of halogens is 2. The van der Waals surface area contributed by atoms with Gasteiger partial charge in [0.05, 0.1) is 12.5 Å². The molecule has 6 nitrogen and oxygen atoms in total. The first-order chi connectivity index (χ1) is 15.1. The molecule has 2 aromatic rings. The maximum Gasteiger partial charge on any atom is 0.256 e. The monoisotopic (exact) mass is 473 g/mol. The van der Waals surface area contributed by atoms with E-state index in [-0.39, 0.29) is 24.3 Å². The smallest absolute Gasteiger partial charge is 0.256 e. The van der Waals surface area contributed by atoms with E-state index in [1.807, 2.05) is 45.0 Å². The molecule has 2 aromatic carbocycles. The van der Waals surface area contributed by atoms with Crippen molar-refractivity contribution >= 4 is 40.7 Å². The molecule has 0 aromatic heterocycles. The minimum absolute atomic E-state index is 0.144. The Labute approximate surface area is 198 Å². The normalized spacial score (nSPS) is 18.5. The zero-order chi connectivity index (χ0) is 23.5. The van der Waals surface area contributed by atoms with Gasteiger partial charge in [0.2, 0.25) is 5.91 Å². The van der Waals surface area contributed by atoms with Gasteiger partial charge in [0.1, 0.15) is 18.8 Å². The summed E-state index contributed by atoms with van der Waals surface area (Å²) in [6, 6.07) is 14.4. The van der Waals surface area contributed by atoms with Gasteiger partial charge in [-0.15, -0.1) is 0 Å². The Kier molecular flexibility index (Phi) is 7.45. The van der Waals surface area contributed by atoms with Crippen LogP contribution >= 0.6 is 23.2 Å². The molecule has 1 N–H and O–H groups in total. The summed E-state index contributed by atoms with van der Waals surface area (Å²) in [5.74, 6) is -0.771. The Morgan fingerprint density at radius 1 is 1.19 bits per heavy atom. The molecular weight excluding hydrogens is 449 g/mol. The summed E-state index contributed by atoms with van der Waals surface area (Å²) in [5.41, 5.74) is 1.82. The maximum atomic E-state index is 13.6. The number of anilines is 1. The van der Waals surface area contributed by atoms with Gasteiger partial charge in [-0.3, -0.25) is 9.59 Å². The lowest BCUT2D eigenvalue weighted by Gasteiger charge is -2.31. The lowest BCUT2D eigenvalue weighted by molar-refractivity contribution is -0.138. The predicted octanol–water partition coefficient (Wildman–Crippen LogP) is 4.89. The number of benzene rings is 2.